The Hall–Kier alpha value is -2.50. The van der Waals surface area contributed by atoms with Crippen LogP contribution in [0.5, 0.6) is 11.5 Å². The second-order valence-corrected chi connectivity index (χ2v) is 9.24. The van der Waals surface area contributed by atoms with Crippen LogP contribution in [0.4, 0.5) is 5.69 Å². The molecule has 6 heteroatoms. The molecule has 0 aromatic heterocycles. The first-order valence-corrected chi connectivity index (χ1v) is 11.2. The fraction of sp³-hybridized carbons (Fsp3) is 0.423. The van der Waals surface area contributed by atoms with E-state index in [1.54, 1.807) is 7.11 Å². The van der Waals surface area contributed by atoms with Crippen molar-refractivity contribution >= 4 is 17.7 Å². The Morgan fingerprint density at radius 3 is 2.50 bits per heavy atom. The van der Waals surface area contributed by atoms with Crippen LogP contribution in [0.2, 0.25) is 0 Å². The fourth-order valence-electron chi connectivity index (χ4n) is 4.70. The molecule has 2 aliphatic rings. The Labute approximate surface area is 197 Å². The van der Waals surface area contributed by atoms with E-state index in [-0.39, 0.29) is 24.9 Å². The number of carbonyl (C=O) groups is 1. The normalized spacial score (nSPS) is 16.2. The summed E-state index contributed by atoms with van der Waals surface area (Å²) >= 11 is 0. The summed E-state index contributed by atoms with van der Waals surface area (Å²) in [6, 6.07) is 14.6. The molecule has 0 radical (unpaired) electrons. The first-order valence-electron chi connectivity index (χ1n) is 11.2. The van der Waals surface area contributed by atoms with Crippen LogP contribution in [0, 0.1) is 0 Å². The molecular weight excluding hydrogens is 424 g/mol. The van der Waals surface area contributed by atoms with Gasteiger partial charge >= 0.3 is 0 Å². The van der Waals surface area contributed by atoms with Crippen LogP contribution in [0.3, 0.4) is 0 Å². The number of amides is 1. The zero-order chi connectivity index (χ0) is 21.8. The maximum absolute atomic E-state index is 12.8. The van der Waals surface area contributed by atoms with E-state index in [4.69, 9.17) is 9.47 Å². The lowest BCUT2D eigenvalue weighted by molar-refractivity contribution is -0.929. The van der Waals surface area contributed by atoms with Crippen LogP contribution >= 0.6 is 0 Å². The number of fused-ring (bicyclic) bond motifs is 1. The topological polar surface area (TPSA) is 47.6 Å². The first kappa shape index (κ1) is 24.1. The van der Waals surface area contributed by atoms with Crippen molar-refractivity contribution in [2.75, 3.05) is 33.1 Å². The average Bonchev–Trinajstić information content (AvgIpc) is 2.80. The van der Waals surface area contributed by atoms with Gasteiger partial charge in [-0.25, -0.2) is 0 Å². The second-order valence-electron chi connectivity index (χ2n) is 9.24. The van der Waals surface area contributed by atoms with Crippen LogP contribution in [-0.2, 0) is 11.3 Å². The second kappa shape index (κ2) is 10.4. The van der Waals surface area contributed by atoms with E-state index in [2.05, 4.69) is 31.5 Å². The predicted octanol–water partition coefficient (Wildman–Crippen LogP) is 2.02. The number of halogens is 1. The molecule has 2 aromatic carbocycles. The lowest BCUT2D eigenvalue weighted by Crippen LogP contribution is -3.00. The lowest BCUT2D eigenvalue weighted by atomic mass is 9.92. The van der Waals surface area contributed by atoms with Crippen molar-refractivity contribution in [3.05, 3.63) is 59.2 Å². The van der Waals surface area contributed by atoms with Crippen LogP contribution in [0.1, 0.15) is 43.2 Å². The van der Waals surface area contributed by atoms with Crippen LogP contribution in [0.25, 0.3) is 6.08 Å². The summed E-state index contributed by atoms with van der Waals surface area (Å²) in [4.78, 5) is 12.8. The van der Waals surface area contributed by atoms with Crippen LogP contribution in [0.15, 0.2) is 48.0 Å². The highest BCUT2D eigenvalue weighted by molar-refractivity contribution is 6.07. The zero-order valence-electron chi connectivity index (χ0n) is 19.2. The van der Waals surface area contributed by atoms with E-state index in [1.807, 2.05) is 36.4 Å². The maximum atomic E-state index is 12.8. The molecule has 1 saturated carbocycles. The Morgan fingerprint density at radius 2 is 1.81 bits per heavy atom. The molecule has 0 bridgehead atoms. The highest BCUT2D eigenvalue weighted by atomic mass is 35.5. The number of ether oxygens (including phenoxy) is 2. The molecule has 1 aliphatic heterocycles. The van der Waals surface area contributed by atoms with Gasteiger partial charge in [-0.1, -0.05) is 18.6 Å². The van der Waals surface area contributed by atoms with E-state index in [9.17, 15) is 4.79 Å². The molecular formula is C26H33ClN2O3. The highest BCUT2D eigenvalue weighted by Gasteiger charge is 2.29. The Balaban J connectivity index is 0.00000289. The fourth-order valence-corrected chi connectivity index (χ4v) is 4.70. The van der Waals surface area contributed by atoms with E-state index >= 15 is 0 Å². The van der Waals surface area contributed by atoms with Gasteiger partial charge < -0.3 is 31.7 Å². The molecule has 0 spiro atoms. The molecule has 1 amide bonds. The smallest absolute Gasteiger partial charge is 0.255 e. The summed E-state index contributed by atoms with van der Waals surface area (Å²) in [6.07, 6.45) is 8.61. The molecule has 1 heterocycles. The first-order chi connectivity index (χ1) is 14.9. The summed E-state index contributed by atoms with van der Waals surface area (Å²) in [6.45, 7) is 1.27. The molecule has 1 N–H and O–H groups in total. The van der Waals surface area contributed by atoms with Crippen LogP contribution in [-0.4, -0.2) is 44.2 Å². The highest BCUT2D eigenvalue weighted by Crippen LogP contribution is 2.31. The number of benzene rings is 2. The largest absolute Gasteiger partial charge is 1.00 e. The van der Waals surface area contributed by atoms with E-state index in [0.717, 1.165) is 39.8 Å². The van der Waals surface area contributed by atoms with E-state index < -0.39 is 0 Å². The third-order valence-electron chi connectivity index (χ3n) is 6.59. The standard InChI is InChI=1S/C26H32N2O3.ClH/c1-28(2,23-7-5-4-6-8-23)17-19-9-11-22(12-10-19)27-26(29)21-15-20-16-24(30-3)13-14-25(20)31-18-21;/h9-16,23H,4-8,17-18H2,1-3H3;1H. The molecule has 1 fully saturated rings. The molecule has 5 nitrogen and oxygen atoms in total. The van der Waals surface area contributed by atoms with Gasteiger partial charge in [-0.15, -0.1) is 0 Å². The maximum Gasteiger partial charge on any atom is 0.255 e. The SMILES string of the molecule is COc1ccc2c(c1)C=C(C(=O)Nc1ccc(C[N+](C)(C)C3CCCCC3)cc1)CO2.[Cl-]. The van der Waals surface area contributed by atoms with Gasteiger partial charge in [0.15, 0.2) is 0 Å². The number of nitrogens with zero attached hydrogens (tertiary/aromatic N) is 1. The molecule has 2 aromatic rings. The van der Waals surface area contributed by atoms with Gasteiger partial charge in [0.1, 0.15) is 24.7 Å². The van der Waals surface area contributed by atoms with Gasteiger partial charge in [-0.2, -0.15) is 0 Å². The van der Waals surface area contributed by atoms with E-state index in [1.165, 1.54) is 37.7 Å². The monoisotopic (exact) mass is 456 g/mol. The van der Waals surface area contributed by atoms with Gasteiger partial charge in [0.05, 0.1) is 32.8 Å². The van der Waals surface area contributed by atoms with Gasteiger partial charge in [-0.3, -0.25) is 4.79 Å². The van der Waals surface area contributed by atoms with Crippen molar-refractivity contribution in [2.24, 2.45) is 0 Å². The van der Waals surface area contributed by atoms with Crippen molar-refractivity contribution in [3.63, 3.8) is 0 Å². The number of carbonyl (C=O) groups excluding carboxylic acids is 1. The summed E-state index contributed by atoms with van der Waals surface area (Å²) in [5, 5.41) is 3.00. The quantitative estimate of drug-likeness (QED) is 0.676. The Kier molecular flexibility index (Phi) is 7.86. The van der Waals surface area contributed by atoms with Crippen molar-refractivity contribution in [3.8, 4) is 11.5 Å². The van der Waals surface area contributed by atoms with Gasteiger partial charge in [0.2, 0.25) is 0 Å². The molecule has 0 saturated heterocycles. The number of methoxy groups -OCH3 is 1. The number of rotatable bonds is 6. The lowest BCUT2D eigenvalue weighted by Gasteiger charge is -2.40. The minimum atomic E-state index is -0.139. The van der Waals surface area contributed by atoms with Crippen molar-refractivity contribution in [2.45, 2.75) is 44.7 Å². The molecule has 32 heavy (non-hydrogen) atoms. The average molecular weight is 457 g/mol. The van der Waals surface area contributed by atoms with Gasteiger partial charge in [-0.05, 0) is 62.1 Å². The molecule has 4 rings (SSSR count). The summed E-state index contributed by atoms with van der Waals surface area (Å²) in [7, 11) is 6.31. The summed E-state index contributed by atoms with van der Waals surface area (Å²) in [5.41, 5.74) is 3.55. The zero-order valence-corrected chi connectivity index (χ0v) is 20.0. The molecule has 172 valence electrons. The third kappa shape index (κ3) is 5.64. The molecule has 1 aliphatic carbocycles. The van der Waals surface area contributed by atoms with Crippen molar-refractivity contribution in [1.29, 1.82) is 0 Å². The predicted molar refractivity (Wildman–Crippen MR) is 124 cm³/mol. The number of hydrogen-bond donors (Lipinski definition) is 1. The Bertz CT molecular complexity index is 964. The number of nitrogens with one attached hydrogen (secondary N) is 1. The Morgan fingerprint density at radius 1 is 1.09 bits per heavy atom. The third-order valence-corrected chi connectivity index (χ3v) is 6.59. The number of quaternary nitrogens is 1. The number of hydrogen-bond acceptors (Lipinski definition) is 3. The minimum absolute atomic E-state index is 0. The minimum Gasteiger partial charge on any atom is -1.00 e. The van der Waals surface area contributed by atoms with Gasteiger partial charge in [0.25, 0.3) is 5.91 Å². The molecule has 0 atom stereocenters. The number of anilines is 1. The van der Waals surface area contributed by atoms with E-state index in [0.29, 0.717) is 5.57 Å². The van der Waals surface area contributed by atoms with Gasteiger partial charge in [0, 0.05) is 16.8 Å². The van der Waals surface area contributed by atoms with Crippen molar-refractivity contribution in [1.82, 2.24) is 0 Å². The summed E-state index contributed by atoms with van der Waals surface area (Å²) < 4.78 is 12.0. The van der Waals surface area contributed by atoms with Crippen LogP contribution < -0.4 is 27.2 Å². The summed E-state index contributed by atoms with van der Waals surface area (Å²) in [5.74, 6) is 1.37. The van der Waals surface area contributed by atoms with Crippen molar-refractivity contribution < 1.29 is 31.2 Å². The molecule has 0 unspecified atom stereocenters.